The third-order valence-electron chi connectivity index (χ3n) is 3.92. The van der Waals surface area contributed by atoms with Crippen LogP contribution >= 0.6 is 0 Å². The maximum atomic E-state index is 13.8. The quantitative estimate of drug-likeness (QED) is 0.821. The van der Waals surface area contributed by atoms with Gasteiger partial charge in [-0.25, -0.2) is 17.6 Å². The third-order valence-corrected chi connectivity index (χ3v) is 5.75. The van der Waals surface area contributed by atoms with Crippen LogP contribution in [-0.2, 0) is 25.3 Å². The molecule has 0 bridgehead atoms. The standard InChI is InChI=1S/C17H23FN2O6S/c1-17(2,3)26-16(23)19-8-9-20(14(10-19)15(21)22)27(24,25)11-12-6-4-5-7-13(12)18/h4-7,14H,8-11H2,1-3H3,(H,21,22)/t14-/m1/s1. The van der Waals surface area contributed by atoms with E-state index in [1.165, 1.54) is 23.1 Å². The Kier molecular flexibility index (Phi) is 6.10. The van der Waals surface area contributed by atoms with E-state index in [-0.39, 0.29) is 25.2 Å². The van der Waals surface area contributed by atoms with Crippen molar-refractivity contribution >= 4 is 22.1 Å². The number of rotatable bonds is 4. The van der Waals surface area contributed by atoms with Crippen molar-refractivity contribution < 1.29 is 32.2 Å². The molecule has 1 aliphatic rings. The maximum Gasteiger partial charge on any atom is 0.410 e. The zero-order valence-corrected chi connectivity index (χ0v) is 16.2. The molecule has 0 aromatic heterocycles. The number of carboxylic acid groups (broad SMARTS) is 1. The zero-order chi connectivity index (χ0) is 20.4. The Bertz CT molecular complexity index is 821. The molecule has 1 heterocycles. The molecule has 150 valence electrons. The summed E-state index contributed by atoms with van der Waals surface area (Å²) in [6, 6.07) is 3.94. The molecule has 2 rings (SSSR count). The molecule has 1 aliphatic heterocycles. The number of sulfonamides is 1. The van der Waals surface area contributed by atoms with Gasteiger partial charge in [-0.05, 0) is 26.8 Å². The van der Waals surface area contributed by atoms with E-state index >= 15 is 0 Å². The van der Waals surface area contributed by atoms with E-state index in [0.29, 0.717) is 0 Å². The first-order valence-corrected chi connectivity index (χ1v) is 9.95. The van der Waals surface area contributed by atoms with Gasteiger partial charge in [0.1, 0.15) is 17.5 Å². The topological polar surface area (TPSA) is 104 Å². The molecular formula is C17H23FN2O6S. The summed E-state index contributed by atoms with van der Waals surface area (Å²) in [5.41, 5.74) is -0.805. The van der Waals surface area contributed by atoms with Crippen LogP contribution < -0.4 is 0 Å². The molecule has 1 fully saturated rings. The molecule has 0 saturated carbocycles. The van der Waals surface area contributed by atoms with Gasteiger partial charge in [0.2, 0.25) is 10.0 Å². The van der Waals surface area contributed by atoms with Crippen molar-refractivity contribution in [3.63, 3.8) is 0 Å². The number of halogens is 1. The highest BCUT2D eigenvalue weighted by Crippen LogP contribution is 2.21. The zero-order valence-electron chi connectivity index (χ0n) is 15.4. The number of hydrogen-bond donors (Lipinski definition) is 1. The van der Waals surface area contributed by atoms with Crippen LogP contribution in [0.3, 0.4) is 0 Å². The molecule has 1 atom stereocenters. The van der Waals surface area contributed by atoms with Crippen LogP contribution in [0.2, 0.25) is 0 Å². The molecule has 10 heteroatoms. The number of carboxylic acids is 1. The largest absolute Gasteiger partial charge is 0.480 e. The summed E-state index contributed by atoms with van der Waals surface area (Å²) in [5, 5.41) is 9.47. The molecule has 1 saturated heterocycles. The number of aliphatic carboxylic acids is 1. The van der Waals surface area contributed by atoms with E-state index < -0.39 is 45.3 Å². The Morgan fingerprint density at radius 2 is 1.89 bits per heavy atom. The molecule has 1 aromatic rings. The van der Waals surface area contributed by atoms with Gasteiger partial charge in [-0.2, -0.15) is 4.31 Å². The summed E-state index contributed by atoms with van der Waals surface area (Å²) in [6.45, 7) is 4.45. The molecule has 1 N–H and O–H groups in total. The number of hydrogen-bond acceptors (Lipinski definition) is 5. The van der Waals surface area contributed by atoms with Gasteiger partial charge in [-0.15, -0.1) is 0 Å². The van der Waals surface area contributed by atoms with Gasteiger partial charge >= 0.3 is 12.1 Å². The molecule has 27 heavy (non-hydrogen) atoms. The summed E-state index contributed by atoms with van der Waals surface area (Å²) in [6.07, 6.45) is -0.708. The maximum absolute atomic E-state index is 13.8. The van der Waals surface area contributed by atoms with Gasteiger partial charge in [-0.1, -0.05) is 18.2 Å². The highest BCUT2D eigenvalue weighted by Gasteiger charge is 2.41. The summed E-state index contributed by atoms with van der Waals surface area (Å²) in [7, 11) is -4.10. The average molecular weight is 402 g/mol. The van der Waals surface area contributed by atoms with Crippen molar-refractivity contribution in [2.75, 3.05) is 19.6 Å². The summed E-state index contributed by atoms with van der Waals surface area (Å²) >= 11 is 0. The molecule has 0 spiro atoms. The number of ether oxygens (including phenoxy) is 1. The SMILES string of the molecule is CC(C)(C)OC(=O)N1CCN(S(=O)(=O)Cc2ccccc2F)[C@@H](C(=O)O)C1. The van der Waals surface area contributed by atoms with E-state index in [1.807, 2.05) is 0 Å². The molecule has 0 aliphatic carbocycles. The second-order valence-corrected chi connectivity index (χ2v) is 9.16. The minimum atomic E-state index is -4.10. The lowest BCUT2D eigenvalue weighted by Crippen LogP contribution is -2.59. The molecule has 0 unspecified atom stereocenters. The molecular weight excluding hydrogens is 379 g/mol. The van der Waals surface area contributed by atoms with Crippen LogP contribution in [0, 0.1) is 5.82 Å². The highest BCUT2D eigenvalue weighted by molar-refractivity contribution is 7.88. The molecule has 1 aromatic carbocycles. The van der Waals surface area contributed by atoms with Crippen molar-refractivity contribution in [1.29, 1.82) is 0 Å². The average Bonchev–Trinajstić information content (AvgIpc) is 2.54. The van der Waals surface area contributed by atoms with Crippen molar-refractivity contribution in [3.05, 3.63) is 35.6 Å². The summed E-state index contributed by atoms with van der Waals surface area (Å²) in [4.78, 5) is 25.0. The second-order valence-electron chi connectivity index (χ2n) is 7.24. The van der Waals surface area contributed by atoms with Crippen LogP contribution in [0.5, 0.6) is 0 Å². The molecule has 8 nitrogen and oxygen atoms in total. The first-order chi connectivity index (χ1) is 12.4. The molecule has 0 radical (unpaired) electrons. The first kappa shape index (κ1) is 21.1. The fourth-order valence-corrected chi connectivity index (χ4v) is 4.38. The van der Waals surface area contributed by atoms with Crippen LogP contribution in [0.15, 0.2) is 24.3 Å². The number of piperazine rings is 1. The van der Waals surface area contributed by atoms with E-state index in [2.05, 4.69) is 0 Å². The Morgan fingerprint density at radius 1 is 1.26 bits per heavy atom. The van der Waals surface area contributed by atoms with Crippen LogP contribution in [0.4, 0.5) is 9.18 Å². The van der Waals surface area contributed by atoms with E-state index in [0.717, 1.165) is 10.4 Å². The Hall–Kier alpha value is -2.20. The smallest absolute Gasteiger partial charge is 0.410 e. The van der Waals surface area contributed by atoms with Gasteiger partial charge in [-0.3, -0.25) is 4.79 Å². The van der Waals surface area contributed by atoms with Gasteiger partial charge in [0, 0.05) is 18.7 Å². The van der Waals surface area contributed by atoms with Crippen LogP contribution in [0.25, 0.3) is 0 Å². The van der Waals surface area contributed by atoms with Crippen molar-refractivity contribution in [1.82, 2.24) is 9.21 Å². The van der Waals surface area contributed by atoms with Gasteiger partial charge in [0.15, 0.2) is 0 Å². The number of benzene rings is 1. The van der Waals surface area contributed by atoms with Crippen molar-refractivity contribution in [2.45, 2.75) is 38.2 Å². The van der Waals surface area contributed by atoms with Gasteiger partial charge in [0.05, 0.1) is 12.3 Å². The predicted octanol–water partition coefficient (Wildman–Crippen LogP) is 1.66. The number of nitrogens with zero attached hydrogens (tertiary/aromatic N) is 2. The minimum Gasteiger partial charge on any atom is -0.480 e. The fraction of sp³-hybridized carbons (Fsp3) is 0.529. The van der Waals surface area contributed by atoms with E-state index in [9.17, 15) is 27.5 Å². The lowest BCUT2D eigenvalue weighted by molar-refractivity contribution is -0.143. The minimum absolute atomic E-state index is 0.0187. The van der Waals surface area contributed by atoms with Crippen molar-refractivity contribution in [2.24, 2.45) is 0 Å². The third kappa shape index (κ3) is 5.39. The van der Waals surface area contributed by atoms with Gasteiger partial charge < -0.3 is 14.7 Å². The van der Waals surface area contributed by atoms with Crippen LogP contribution in [-0.4, -0.2) is 66.1 Å². The fourth-order valence-electron chi connectivity index (χ4n) is 2.69. The number of carbonyl (C=O) groups excluding carboxylic acids is 1. The summed E-state index contributed by atoms with van der Waals surface area (Å²) in [5.74, 6) is -2.73. The Balaban J connectivity index is 2.19. The number of amides is 1. The van der Waals surface area contributed by atoms with Gasteiger partial charge in [0.25, 0.3) is 0 Å². The Labute approximate surface area is 157 Å². The van der Waals surface area contributed by atoms with Crippen LogP contribution in [0.1, 0.15) is 26.3 Å². The monoisotopic (exact) mass is 402 g/mol. The normalized spacial score (nSPS) is 19.0. The first-order valence-electron chi connectivity index (χ1n) is 8.34. The van der Waals surface area contributed by atoms with Crippen molar-refractivity contribution in [3.8, 4) is 0 Å². The number of carbonyl (C=O) groups is 2. The predicted molar refractivity (Wildman–Crippen MR) is 95.0 cm³/mol. The van der Waals surface area contributed by atoms with E-state index in [4.69, 9.17) is 4.74 Å². The van der Waals surface area contributed by atoms with E-state index in [1.54, 1.807) is 20.8 Å². The lowest BCUT2D eigenvalue weighted by Gasteiger charge is -2.38. The molecule has 1 amide bonds. The lowest BCUT2D eigenvalue weighted by atomic mass is 10.2. The highest BCUT2D eigenvalue weighted by atomic mass is 32.2. The Morgan fingerprint density at radius 3 is 2.44 bits per heavy atom. The second kappa shape index (κ2) is 7.81. The summed E-state index contributed by atoms with van der Waals surface area (Å²) < 4.78 is 45.2.